The van der Waals surface area contributed by atoms with Gasteiger partial charge in [-0.2, -0.15) is 10.1 Å². The largest absolute Gasteiger partial charge is 0.332 e. The van der Waals surface area contributed by atoms with Gasteiger partial charge in [-0.25, -0.2) is 0 Å². The zero-order valence-electron chi connectivity index (χ0n) is 14.4. The van der Waals surface area contributed by atoms with Gasteiger partial charge in [-0.15, -0.1) is 0 Å². The van der Waals surface area contributed by atoms with Gasteiger partial charge in [0.2, 0.25) is 5.82 Å². The van der Waals surface area contributed by atoms with Gasteiger partial charge >= 0.3 is 0 Å². The van der Waals surface area contributed by atoms with E-state index >= 15 is 0 Å². The number of H-pyrrole nitrogens is 1. The maximum atomic E-state index is 6.19. The number of hydrogen-bond donors (Lipinski definition) is 1. The summed E-state index contributed by atoms with van der Waals surface area (Å²) in [5.74, 6) is 1.32. The number of aromatic nitrogens is 4. The lowest BCUT2D eigenvalue weighted by atomic mass is 10.0. The zero-order chi connectivity index (χ0) is 18.1. The molecule has 0 radical (unpaired) electrons. The molecule has 0 atom stereocenters. The van der Waals surface area contributed by atoms with Crippen LogP contribution in [-0.4, -0.2) is 20.3 Å². The van der Waals surface area contributed by atoms with Gasteiger partial charge in [0.05, 0.1) is 10.7 Å². The van der Waals surface area contributed by atoms with Crippen LogP contribution in [0.4, 0.5) is 0 Å². The van der Waals surface area contributed by atoms with E-state index in [0.29, 0.717) is 28.3 Å². The Morgan fingerprint density at radius 1 is 1.04 bits per heavy atom. The quantitative estimate of drug-likeness (QED) is 0.514. The number of benzene rings is 2. The fourth-order valence-corrected chi connectivity index (χ4v) is 2.92. The highest BCUT2D eigenvalue weighted by molar-refractivity contribution is 6.33. The average Bonchev–Trinajstić information content (AvgIpc) is 3.32. The highest BCUT2D eigenvalue weighted by Gasteiger charge is 2.15. The monoisotopic (exact) mass is 364 g/mol. The van der Waals surface area contributed by atoms with Crippen LogP contribution in [-0.2, 0) is 0 Å². The van der Waals surface area contributed by atoms with E-state index < -0.39 is 0 Å². The summed E-state index contributed by atoms with van der Waals surface area (Å²) in [7, 11) is 0. The molecule has 4 rings (SSSR count). The Hall–Kier alpha value is -2.92. The molecule has 0 aliphatic heterocycles. The second kappa shape index (κ2) is 6.77. The molecule has 2 aromatic heterocycles. The van der Waals surface area contributed by atoms with Crippen molar-refractivity contribution in [2.45, 2.75) is 19.8 Å². The Morgan fingerprint density at radius 2 is 1.81 bits per heavy atom. The number of rotatable bonds is 4. The normalized spacial score (nSPS) is 11.2. The van der Waals surface area contributed by atoms with E-state index in [1.807, 2.05) is 24.3 Å². The van der Waals surface area contributed by atoms with Crippen molar-refractivity contribution in [3.63, 3.8) is 0 Å². The van der Waals surface area contributed by atoms with Crippen molar-refractivity contribution in [1.29, 1.82) is 0 Å². The third-order valence-corrected chi connectivity index (χ3v) is 4.55. The molecule has 0 bridgehead atoms. The molecular formula is C20H17ClN4O. The molecule has 4 aromatic rings. The molecule has 0 unspecified atom stereocenters. The highest BCUT2D eigenvalue weighted by Crippen LogP contribution is 2.28. The van der Waals surface area contributed by atoms with Gasteiger partial charge < -0.3 is 4.52 Å². The summed E-state index contributed by atoms with van der Waals surface area (Å²) in [4.78, 5) is 4.42. The Kier molecular flexibility index (Phi) is 4.31. The predicted molar refractivity (Wildman–Crippen MR) is 102 cm³/mol. The first-order chi connectivity index (χ1) is 12.6. The smallest absolute Gasteiger partial charge is 0.276 e. The van der Waals surface area contributed by atoms with Crippen molar-refractivity contribution in [3.05, 3.63) is 65.2 Å². The number of aromatic amines is 1. The van der Waals surface area contributed by atoms with E-state index in [2.05, 4.69) is 58.5 Å². The standard InChI is InChI=1S/C20H17ClN4O/c1-12(2)13-7-9-14(10-8-13)17-11-18(24-23-17)20-22-19(25-26-20)15-5-3-4-6-16(15)21/h3-12H,1-2H3,(H,23,24). The van der Waals surface area contributed by atoms with E-state index in [0.717, 1.165) is 16.8 Å². The maximum Gasteiger partial charge on any atom is 0.276 e. The van der Waals surface area contributed by atoms with Gasteiger partial charge in [0.1, 0.15) is 5.69 Å². The fourth-order valence-electron chi connectivity index (χ4n) is 2.70. The molecule has 0 aliphatic rings. The van der Waals surface area contributed by atoms with Gasteiger partial charge in [0.15, 0.2) is 0 Å². The second-order valence-corrected chi connectivity index (χ2v) is 6.75. The van der Waals surface area contributed by atoms with E-state index in [4.69, 9.17) is 16.1 Å². The van der Waals surface area contributed by atoms with Crippen molar-refractivity contribution >= 4 is 11.6 Å². The van der Waals surface area contributed by atoms with Crippen molar-refractivity contribution in [2.24, 2.45) is 0 Å². The summed E-state index contributed by atoms with van der Waals surface area (Å²) >= 11 is 6.19. The van der Waals surface area contributed by atoms with Crippen LogP contribution in [0.2, 0.25) is 5.02 Å². The molecule has 26 heavy (non-hydrogen) atoms. The summed E-state index contributed by atoms with van der Waals surface area (Å²) in [5.41, 5.74) is 4.55. The number of nitrogens with zero attached hydrogens (tertiary/aromatic N) is 3. The van der Waals surface area contributed by atoms with Gasteiger partial charge in [0, 0.05) is 11.1 Å². The van der Waals surface area contributed by atoms with Crippen molar-refractivity contribution < 1.29 is 4.52 Å². The zero-order valence-corrected chi connectivity index (χ0v) is 15.2. The Balaban J connectivity index is 1.62. The second-order valence-electron chi connectivity index (χ2n) is 6.35. The predicted octanol–water partition coefficient (Wildman–Crippen LogP) is 5.57. The number of halogens is 1. The minimum absolute atomic E-state index is 0.373. The first kappa shape index (κ1) is 16.5. The van der Waals surface area contributed by atoms with Crippen molar-refractivity contribution in [2.75, 3.05) is 0 Å². The Morgan fingerprint density at radius 3 is 2.54 bits per heavy atom. The van der Waals surface area contributed by atoms with Crippen LogP contribution in [0.1, 0.15) is 25.3 Å². The fraction of sp³-hybridized carbons (Fsp3) is 0.150. The van der Waals surface area contributed by atoms with Gasteiger partial charge in [-0.05, 0) is 29.7 Å². The van der Waals surface area contributed by atoms with Crippen LogP contribution in [0.3, 0.4) is 0 Å². The van der Waals surface area contributed by atoms with Gasteiger partial charge in [-0.1, -0.05) is 67.0 Å². The van der Waals surface area contributed by atoms with Crippen LogP contribution in [0.5, 0.6) is 0 Å². The molecule has 0 aliphatic carbocycles. The maximum absolute atomic E-state index is 6.19. The molecule has 0 spiro atoms. The topological polar surface area (TPSA) is 67.6 Å². The van der Waals surface area contributed by atoms with E-state index in [1.54, 1.807) is 6.07 Å². The molecule has 2 aromatic carbocycles. The summed E-state index contributed by atoms with van der Waals surface area (Å²) < 4.78 is 5.37. The van der Waals surface area contributed by atoms with Crippen LogP contribution in [0.25, 0.3) is 34.2 Å². The Bertz CT molecular complexity index is 1030. The van der Waals surface area contributed by atoms with E-state index in [-0.39, 0.29) is 0 Å². The molecule has 6 heteroatoms. The van der Waals surface area contributed by atoms with E-state index in [9.17, 15) is 0 Å². The summed E-state index contributed by atoms with van der Waals surface area (Å²) in [5, 5.41) is 11.9. The minimum atomic E-state index is 0.373. The van der Waals surface area contributed by atoms with Gasteiger partial charge in [0.25, 0.3) is 5.89 Å². The lowest BCUT2D eigenvalue weighted by Gasteiger charge is -2.05. The third-order valence-electron chi connectivity index (χ3n) is 4.22. The molecule has 1 N–H and O–H groups in total. The SMILES string of the molecule is CC(C)c1ccc(-c2cc(-c3nc(-c4ccccc4Cl)no3)[nH]n2)cc1. The molecule has 2 heterocycles. The molecular weight excluding hydrogens is 348 g/mol. The van der Waals surface area contributed by atoms with Crippen LogP contribution in [0, 0.1) is 0 Å². The third kappa shape index (κ3) is 3.13. The van der Waals surface area contributed by atoms with Crippen molar-refractivity contribution in [3.8, 4) is 34.2 Å². The van der Waals surface area contributed by atoms with Crippen LogP contribution >= 0.6 is 11.6 Å². The molecule has 0 amide bonds. The molecule has 130 valence electrons. The number of nitrogens with one attached hydrogen (secondary N) is 1. The first-order valence-corrected chi connectivity index (χ1v) is 8.74. The van der Waals surface area contributed by atoms with Crippen molar-refractivity contribution in [1.82, 2.24) is 20.3 Å². The van der Waals surface area contributed by atoms with Gasteiger partial charge in [-0.3, -0.25) is 5.10 Å². The lowest BCUT2D eigenvalue weighted by Crippen LogP contribution is -1.86. The Labute approximate surface area is 156 Å². The first-order valence-electron chi connectivity index (χ1n) is 8.36. The average molecular weight is 365 g/mol. The molecule has 0 saturated heterocycles. The molecule has 5 nitrogen and oxygen atoms in total. The summed E-state index contributed by atoms with van der Waals surface area (Å²) in [6.45, 7) is 4.35. The minimum Gasteiger partial charge on any atom is -0.332 e. The highest BCUT2D eigenvalue weighted by atomic mass is 35.5. The van der Waals surface area contributed by atoms with Crippen LogP contribution < -0.4 is 0 Å². The molecule has 0 saturated carbocycles. The summed E-state index contributed by atoms with van der Waals surface area (Å²) in [6.07, 6.45) is 0. The van der Waals surface area contributed by atoms with E-state index in [1.165, 1.54) is 5.56 Å². The van der Waals surface area contributed by atoms with Crippen LogP contribution in [0.15, 0.2) is 59.1 Å². The number of hydrogen-bond acceptors (Lipinski definition) is 4. The molecule has 0 fully saturated rings. The lowest BCUT2D eigenvalue weighted by molar-refractivity contribution is 0.431. The summed E-state index contributed by atoms with van der Waals surface area (Å²) in [6, 6.07) is 17.7.